The summed E-state index contributed by atoms with van der Waals surface area (Å²) in [6.45, 7) is 4.12. The number of carbonyl (C=O) groups excluding carboxylic acids is 2. The zero-order chi connectivity index (χ0) is 21.8. The number of aromatic nitrogens is 1. The number of anilines is 1. The van der Waals surface area contributed by atoms with Crippen molar-refractivity contribution >= 4 is 17.6 Å². The molecule has 3 aliphatic rings. The summed E-state index contributed by atoms with van der Waals surface area (Å²) in [5.74, 6) is 0.357. The molecule has 5 unspecified atom stereocenters. The molecule has 2 bridgehead atoms. The van der Waals surface area contributed by atoms with E-state index in [-0.39, 0.29) is 17.9 Å². The van der Waals surface area contributed by atoms with Crippen LogP contribution in [0.4, 0.5) is 5.82 Å². The highest BCUT2D eigenvalue weighted by Gasteiger charge is 2.67. The van der Waals surface area contributed by atoms with E-state index in [0.717, 1.165) is 17.7 Å². The number of nitrogens with zero attached hydrogens (tertiary/aromatic N) is 2. The van der Waals surface area contributed by atoms with Crippen LogP contribution < -0.4 is 15.0 Å². The summed E-state index contributed by atoms with van der Waals surface area (Å²) in [6, 6.07) is 9.20. The van der Waals surface area contributed by atoms with Gasteiger partial charge < -0.3 is 19.3 Å². The van der Waals surface area contributed by atoms with E-state index in [4.69, 9.17) is 14.0 Å². The number of aryl methyl sites for hydroxylation is 1. The molecular formula is C23H25N3O5. The maximum Gasteiger partial charge on any atom is 0.235 e. The molecule has 1 aromatic heterocycles. The number of hydrogen-bond acceptors (Lipinski definition) is 6. The Morgan fingerprint density at radius 3 is 2.81 bits per heavy atom. The van der Waals surface area contributed by atoms with Gasteiger partial charge in [-0.05, 0) is 31.0 Å². The van der Waals surface area contributed by atoms with Crippen molar-refractivity contribution in [3.63, 3.8) is 0 Å². The lowest BCUT2D eigenvalue weighted by Crippen LogP contribution is -2.45. The Labute approximate surface area is 180 Å². The summed E-state index contributed by atoms with van der Waals surface area (Å²) >= 11 is 0. The van der Waals surface area contributed by atoms with Gasteiger partial charge in [0.25, 0.3) is 0 Å². The van der Waals surface area contributed by atoms with Crippen molar-refractivity contribution in [2.45, 2.75) is 38.0 Å². The minimum atomic E-state index is -0.793. The van der Waals surface area contributed by atoms with Gasteiger partial charge in [-0.3, -0.25) is 14.5 Å². The minimum Gasteiger partial charge on any atom is -0.497 e. The van der Waals surface area contributed by atoms with Gasteiger partial charge in [0, 0.05) is 6.07 Å². The minimum absolute atomic E-state index is 0.155. The lowest BCUT2D eigenvalue weighted by Gasteiger charge is -2.26. The Morgan fingerprint density at radius 1 is 1.39 bits per heavy atom. The molecule has 5 rings (SSSR count). The third kappa shape index (κ3) is 3.05. The van der Waals surface area contributed by atoms with Crippen LogP contribution in [0.25, 0.3) is 0 Å². The molecule has 8 heteroatoms. The quantitative estimate of drug-likeness (QED) is 0.718. The molecule has 162 valence electrons. The fourth-order valence-electron chi connectivity index (χ4n) is 5.00. The second-order valence-electron chi connectivity index (χ2n) is 8.36. The van der Waals surface area contributed by atoms with Crippen molar-refractivity contribution in [3.8, 4) is 5.75 Å². The van der Waals surface area contributed by atoms with E-state index in [2.05, 4.69) is 10.5 Å². The third-order valence-corrected chi connectivity index (χ3v) is 6.54. The van der Waals surface area contributed by atoms with Crippen molar-refractivity contribution in [1.82, 2.24) is 10.5 Å². The Balaban J connectivity index is 1.38. The molecule has 3 aliphatic heterocycles. The van der Waals surface area contributed by atoms with Gasteiger partial charge in [0.15, 0.2) is 5.82 Å². The van der Waals surface area contributed by atoms with Crippen molar-refractivity contribution in [1.29, 1.82) is 0 Å². The Kier molecular flexibility index (Phi) is 4.62. The van der Waals surface area contributed by atoms with Crippen LogP contribution in [-0.4, -0.2) is 42.3 Å². The molecule has 2 amide bonds. The molecule has 8 nitrogen and oxygen atoms in total. The Hall–Kier alpha value is -3.13. The monoisotopic (exact) mass is 423 g/mol. The summed E-state index contributed by atoms with van der Waals surface area (Å²) in [7, 11) is 1.62. The first kappa shape index (κ1) is 19.8. The highest BCUT2D eigenvalue weighted by atomic mass is 16.5. The van der Waals surface area contributed by atoms with Gasteiger partial charge in [-0.2, -0.15) is 0 Å². The second-order valence-corrected chi connectivity index (χ2v) is 8.36. The summed E-state index contributed by atoms with van der Waals surface area (Å²) in [5, 5.41) is 7.12. The zero-order valence-electron chi connectivity index (χ0n) is 17.7. The molecular weight excluding hydrogens is 398 g/mol. The average molecular weight is 423 g/mol. The number of rotatable bonds is 6. The SMILES string of the molecule is CCC(NC(=O)C1C2C=CC3(CN(c4cc(C)on4)C(=O)C13)O2)c1ccc(OC)cc1. The van der Waals surface area contributed by atoms with Gasteiger partial charge >= 0.3 is 0 Å². The number of nitrogens with one attached hydrogen (secondary N) is 1. The van der Waals surface area contributed by atoms with E-state index in [0.29, 0.717) is 18.1 Å². The Bertz CT molecular complexity index is 1050. The lowest BCUT2D eigenvalue weighted by atomic mass is 9.76. The van der Waals surface area contributed by atoms with Crippen LogP contribution in [0.15, 0.2) is 47.0 Å². The average Bonchev–Trinajstić information content (AvgIpc) is 3.53. The molecule has 5 atom stereocenters. The van der Waals surface area contributed by atoms with Crippen molar-refractivity contribution in [2.75, 3.05) is 18.6 Å². The fraction of sp³-hybridized carbons (Fsp3) is 0.435. The number of amides is 2. The smallest absolute Gasteiger partial charge is 0.235 e. The molecule has 2 saturated heterocycles. The molecule has 2 aromatic rings. The maximum atomic E-state index is 13.4. The number of benzene rings is 1. The predicted octanol–water partition coefficient (Wildman–Crippen LogP) is 2.55. The number of methoxy groups -OCH3 is 1. The predicted molar refractivity (Wildman–Crippen MR) is 111 cm³/mol. The zero-order valence-corrected chi connectivity index (χ0v) is 17.7. The van der Waals surface area contributed by atoms with E-state index in [1.807, 2.05) is 43.3 Å². The fourth-order valence-corrected chi connectivity index (χ4v) is 5.00. The van der Waals surface area contributed by atoms with E-state index in [1.165, 1.54) is 0 Å². The molecule has 31 heavy (non-hydrogen) atoms. The number of carbonyl (C=O) groups is 2. The van der Waals surface area contributed by atoms with Gasteiger partial charge in [-0.15, -0.1) is 0 Å². The van der Waals surface area contributed by atoms with Gasteiger partial charge in [-0.25, -0.2) is 0 Å². The van der Waals surface area contributed by atoms with Crippen LogP contribution in [0.5, 0.6) is 5.75 Å². The molecule has 4 heterocycles. The number of fused-ring (bicyclic) bond motifs is 1. The van der Waals surface area contributed by atoms with Crippen molar-refractivity contribution in [3.05, 3.63) is 53.8 Å². The summed E-state index contributed by atoms with van der Waals surface area (Å²) in [4.78, 5) is 28.3. The van der Waals surface area contributed by atoms with Crippen molar-refractivity contribution in [2.24, 2.45) is 11.8 Å². The third-order valence-electron chi connectivity index (χ3n) is 6.54. The first-order valence-electron chi connectivity index (χ1n) is 10.5. The largest absolute Gasteiger partial charge is 0.497 e. The summed E-state index contributed by atoms with van der Waals surface area (Å²) in [6.07, 6.45) is 4.15. The van der Waals surface area contributed by atoms with Gasteiger partial charge in [0.2, 0.25) is 11.8 Å². The normalized spacial score (nSPS) is 29.3. The molecule has 1 aromatic carbocycles. The standard InChI is InChI=1S/C23H25N3O5/c1-4-16(14-5-7-15(29-3)8-6-14)24-21(27)19-17-9-10-23(30-17)12-26(22(28)20(19)23)18-11-13(2)31-25-18/h5-11,16-17,19-20H,4,12H2,1-3H3,(H,24,27). The van der Waals surface area contributed by atoms with Crippen molar-refractivity contribution < 1.29 is 23.6 Å². The van der Waals surface area contributed by atoms with Gasteiger partial charge in [0.05, 0.1) is 37.6 Å². The highest BCUT2D eigenvalue weighted by Crippen LogP contribution is 2.52. The van der Waals surface area contributed by atoms with Crippen LogP contribution in [0, 0.1) is 18.8 Å². The van der Waals surface area contributed by atoms with E-state index >= 15 is 0 Å². The summed E-state index contributed by atoms with van der Waals surface area (Å²) in [5.41, 5.74) is 0.196. The molecule has 0 radical (unpaired) electrons. The second kappa shape index (κ2) is 7.23. The van der Waals surface area contributed by atoms with E-state index in [1.54, 1.807) is 25.0 Å². The number of hydrogen-bond donors (Lipinski definition) is 1. The topological polar surface area (TPSA) is 93.9 Å². The molecule has 0 aliphatic carbocycles. The van der Waals surface area contributed by atoms with E-state index < -0.39 is 23.5 Å². The first-order valence-corrected chi connectivity index (χ1v) is 10.5. The van der Waals surface area contributed by atoms with Crippen LogP contribution in [0.1, 0.15) is 30.7 Å². The molecule has 1 spiro atoms. The van der Waals surface area contributed by atoms with Crippen LogP contribution in [0.3, 0.4) is 0 Å². The molecule has 2 fully saturated rings. The highest BCUT2D eigenvalue weighted by molar-refractivity contribution is 6.02. The molecule has 0 saturated carbocycles. The molecule has 1 N–H and O–H groups in total. The van der Waals surface area contributed by atoms with E-state index in [9.17, 15) is 9.59 Å². The lowest BCUT2D eigenvalue weighted by molar-refractivity contribution is -0.132. The summed E-state index contributed by atoms with van der Waals surface area (Å²) < 4.78 is 16.5. The van der Waals surface area contributed by atoms with Crippen LogP contribution >= 0.6 is 0 Å². The first-order chi connectivity index (χ1) is 15.0. The van der Waals surface area contributed by atoms with Crippen LogP contribution in [-0.2, 0) is 14.3 Å². The Morgan fingerprint density at radius 2 is 2.16 bits per heavy atom. The maximum absolute atomic E-state index is 13.4. The van der Waals surface area contributed by atoms with Gasteiger partial charge in [0.1, 0.15) is 17.1 Å². The van der Waals surface area contributed by atoms with Gasteiger partial charge in [-0.1, -0.05) is 36.4 Å². The number of ether oxygens (including phenoxy) is 2. The van der Waals surface area contributed by atoms with Crippen LogP contribution in [0.2, 0.25) is 0 Å².